The Kier molecular flexibility index (Phi) is 4.52. The SMILES string of the molecule is c1ccc(-n2c3ccccc3c3ccc(-c4ccc5c(c4)c4cccnc4n5-c4ccccc4)cc32)cc1. The Balaban J connectivity index is 1.38. The van der Waals surface area contributed by atoms with E-state index in [0.717, 1.165) is 22.2 Å². The molecule has 0 radical (unpaired) electrons. The van der Waals surface area contributed by atoms with E-state index in [1.807, 2.05) is 18.3 Å². The first-order chi connectivity index (χ1) is 18.9. The topological polar surface area (TPSA) is 22.8 Å². The molecule has 8 aromatic rings. The fraction of sp³-hybridized carbons (Fsp3) is 0. The first kappa shape index (κ1) is 21.0. The average Bonchev–Trinajstić information content (AvgIpc) is 3.50. The fourth-order valence-electron chi connectivity index (χ4n) is 5.87. The highest BCUT2D eigenvalue weighted by Crippen LogP contribution is 2.37. The van der Waals surface area contributed by atoms with Gasteiger partial charge in [-0.2, -0.15) is 0 Å². The summed E-state index contributed by atoms with van der Waals surface area (Å²) in [6.45, 7) is 0. The number of aromatic nitrogens is 3. The normalized spacial score (nSPS) is 11.7. The summed E-state index contributed by atoms with van der Waals surface area (Å²) in [6.07, 6.45) is 1.87. The van der Waals surface area contributed by atoms with E-state index in [2.05, 4.69) is 130 Å². The number of pyridine rings is 1. The van der Waals surface area contributed by atoms with Gasteiger partial charge in [-0.15, -0.1) is 0 Å². The molecule has 38 heavy (non-hydrogen) atoms. The standard InChI is InChI=1S/C35H23N3/c1-3-10-26(11-4-1)37-32-16-8-7-14-28(32)29-19-17-25(23-34(29)37)24-18-20-33-31(22-24)30-15-9-21-36-35(30)38(33)27-12-5-2-6-13-27/h1-23H. The van der Waals surface area contributed by atoms with Gasteiger partial charge in [0.1, 0.15) is 5.65 Å². The van der Waals surface area contributed by atoms with Crippen LogP contribution >= 0.6 is 0 Å². The minimum atomic E-state index is 0.977. The maximum Gasteiger partial charge on any atom is 0.145 e. The molecule has 0 unspecified atom stereocenters. The Morgan fingerprint density at radius 3 is 1.82 bits per heavy atom. The summed E-state index contributed by atoms with van der Waals surface area (Å²) in [5.74, 6) is 0. The van der Waals surface area contributed by atoms with E-state index in [1.54, 1.807) is 0 Å². The zero-order chi connectivity index (χ0) is 25.1. The Morgan fingerprint density at radius 1 is 0.395 bits per heavy atom. The molecule has 0 N–H and O–H groups in total. The highest BCUT2D eigenvalue weighted by atomic mass is 15.0. The van der Waals surface area contributed by atoms with Crippen molar-refractivity contribution in [3.63, 3.8) is 0 Å². The summed E-state index contributed by atoms with van der Waals surface area (Å²) >= 11 is 0. The van der Waals surface area contributed by atoms with Crippen molar-refractivity contribution >= 4 is 43.7 Å². The van der Waals surface area contributed by atoms with Crippen LogP contribution in [0.15, 0.2) is 140 Å². The summed E-state index contributed by atoms with van der Waals surface area (Å²) in [5, 5.41) is 4.90. The second-order valence-corrected chi connectivity index (χ2v) is 9.70. The number of fused-ring (bicyclic) bond motifs is 6. The second-order valence-electron chi connectivity index (χ2n) is 9.70. The third-order valence-corrected chi connectivity index (χ3v) is 7.56. The lowest BCUT2D eigenvalue weighted by atomic mass is 10.0. The summed E-state index contributed by atoms with van der Waals surface area (Å²) < 4.78 is 4.63. The maximum atomic E-state index is 4.77. The molecule has 0 fully saturated rings. The summed E-state index contributed by atoms with van der Waals surface area (Å²) in [5.41, 5.74) is 9.25. The molecule has 0 saturated carbocycles. The smallest absolute Gasteiger partial charge is 0.145 e. The summed E-state index contributed by atoms with van der Waals surface area (Å²) in [4.78, 5) is 4.77. The van der Waals surface area contributed by atoms with E-state index < -0.39 is 0 Å². The number of rotatable bonds is 3. The lowest BCUT2D eigenvalue weighted by molar-refractivity contribution is 1.14. The Labute approximate surface area is 219 Å². The molecular formula is C35H23N3. The van der Waals surface area contributed by atoms with Crippen molar-refractivity contribution in [3.05, 3.63) is 140 Å². The molecule has 0 bridgehead atoms. The van der Waals surface area contributed by atoms with Gasteiger partial charge >= 0.3 is 0 Å². The largest absolute Gasteiger partial charge is 0.309 e. The van der Waals surface area contributed by atoms with Crippen LogP contribution in [0.4, 0.5) is 0 Å². The zero-order valence-electron chi connectivity index (χ0n) is 20.6. The van der Waals surface area contributed by atoms with Crippen molar-refractivity contribution in [3.8, 4) is 22.5 Å². The molecule has 3 nitrogen and oxygen atoms in total. The monoisotopic (exact) mass is 485 g/mol. The molecule has 3 heteroatoms. The lowest BCUT2D eigenvalue weighted by Gasteiger charge is -2.09. The van der Waals surface area contributed by atoms with Crippen LogP contribution in [0.5, 0.6) is 0 Å². The van der Waals surface area contributed by atoms with Crippen molar-refractivity contribution in [2.24, 2.45) is 0 Å². The highest BCUT2D eigenvalue weighted by molar-refractivity contribution is 6.11. The maximum absolute atomic E-state index is 4.77. The number of para-hydroxylation sites is 3. The first-order valence-corrected chi connectivity index (χ1v) is 12.9. The van der Waals surface area contributed by atoms with E-state index in [4.69, 9.17) is 4.98 Å². The molecule has 0 atom stereocenters. The van der Waals surface area contributed by atoms with E-state index in [0.29, 0.717) is 0 Å². The number of hydrogen-bond acceptors (Lipinski definition) is 1. The average molecular weight is 486 g/mol. The van der Waals surface area contributed by atoms with Gasteiger partial charge in [0.2, 0.25) is 0 Å². The van der Waals surface area contributed by atoms with Gasteiger partial charge in [0.25, 0.3) is 0 Å². The Morgan fingerprint density at radius 2 is 1.00 bits per heavy atom. The first-order valence-electron chi connectivity index (χ1n) is 12.9. The van der Waals surface area contributed by atoms with Gasteiger partial charge in [0.05, 0.1) is 16.6 Å². The third kappa shape index (κ3) is 3.06. The molecule has 0 spiro atoms. The van der Waals surface area contributed by atoms with Crippen LogP contribution in [0.25, 0.3) is 66.2 Å². The Bertz CT molecular complexity index is 2120. The van der Waals surface area contributed by atoms with Gasteiger partial charge in [0.15, 0.2) is 0 Å². The van der Waals surface area contributed by atoms with Gasteiger partial charge < -0.3 is 4.57 Å². The molecular weight excluding hydrogens is 462 g/mol. The molecule has 3 aromatic heterocycles. The van der Waals surface area contributed by atoms with Crippen molar-refractivity contribution in [1.82, 2.24) is 14.1 Å². The molecule has 0 saturated heterocycles. The quantitative estimate of drug-likeness (QED) is 0.245. The minimum Gasteiger partial charge on any atom is -0.309 e. The van der Waals surface area contributed by atoms with E-state index in [9.17, 15) is 0 Å². The molecule has 0 amide bonds. The molecule has 0 aliphatic carbocycles. The minimum absolute atomic E-state index is 0.977. The molecule has 3 heterocycles. The van der Waals surface area contributed by atoms with Crippen LogP contribution in [0.3, 0.4) is 0 Å². The van der Waals surface area contributed by atoms with Crippen molar-refractivity contribution in [1.29, 1.82) is 0 Å². The predicted molar refractivity (Wildman–Crippen MR) is 158 cm³/mol. The molecule has 8 rings (SSSR count). The van der Waals surface area contributed by atoms with Gasteiger partial charge in [-0.05, 0) is 71.8 Å². The van der Waals surface area contributed by atoms with Crippen molar-refractivity contribution in [2.45, 2.75) is 0 Å². The van der Waals surface area contributed by atoms with E-state index in [-0.39, 0.29) is 0 Å². The predicted octanol–water partition coefficient (Wildman–Crippen LogP) is 8.94. The lowest BCUT2D eigenvalue weighted by Crippen LogP contribution is -1.94. The van der Waals surface area contributed by atoms with Gasteiger partial charge in [-0.25, -0.2) is 4.98 Å². The van der Waals surface area contributed by atoms with E-state index in [1.165, 1.54) is 44.0 Å². The van der Waals surface area contributed by atoms with Gasteiger partial charge in [-0.1, -0.05) is 72.8 Å². The van der Waals surface area contributed by atoms with Crippen molar-refractivity contribution in [2.75, 3.05) is 0 Å². The third-order valence-electron chi connectivity index (χ3n) is 7.56. The number of nitrogens with zero attached hydrogens (tertiary/aromatic N) is 3. The second kappa shape index (κ2) is 8.19. The molecule has 0 aliphatic rings. The number of hydrogen-bond donors (Lipinski definition) is 0. The van der Waals surface area contributed by atoms with Gasteiger partial charge in [-0.3, -0.25) is 4.57 Å². The Hall–Kier alpha value is -5.15. The van der Waals surface area contributed by atoms with Crippen LogP contribution in [0.1, 0.15) is 0 Å². The number of benzene rings is 5. The van der Waals surface area contributed by atoms with Crippen LogP contribution in [-0.2, 0) is 0 Å². The summed E-state index contributed by atoms with van der Waals surface area (Å²) in [7, 11) is 0. The summed E-state index contributed by atoms with van der Waals surface area (Å²) in [6, 6.07) is 47.6. The molecule has 5 aromatic carbocycles. The van der Waals surface area contributed by atoms with Crippen LogP contribution in [0, 0.1) is 0 Å². The molecule has 0 aliphatic heterocycles. The van der Waals surface area contributed by atoms with Gasteiger partial charge in [0, 0.05) is 39.1 Å². The van der Waals surface area contributed by atoms with Crippen molar-refractivity contribution < 1.29 is 0 Å². The van der Waals surface area contributed by atoms with Crippen LogP contribution < -0.4 is 0 Å². The van der Waals surface area contributed by atoms with Crippen LogP contribution in [-0.4, -0.2) is 14.1 Å². The zero-order valence-corrected chi connectivity index (χ0v) is 20.6. The molecule has 178 valence electrons. The fourth-order valence-corrected chi connectivity index (χ4v) is 5.87. The highest BCUT2D eigenvalue weighted by Gasteiger charge is 2.16. The van der Waals surface area contributed by atoms with Crippen LogP contribution in [0.2, 0.25) is 0 Å². The van der Waals surface area contributed by atoms with E-state index >= 15 is 0 Å².